The van der Waals surface area contributed by atoms with Crippen LogP contribution in [0.25, 0.3) is 22.5 Å². The van der Waals surface area contributed by atoms with E-state index in [9.17, 15) is 0 Å². The molecule has 0 radical (unpaired) electrons. The van der Waals surface area contributed by atoms with Crippen molar-refractivity contribution in [3.63, 3.8) is 0 Å². The highest BCUT2D eigenvalue weighted by Gasteiger charge is 2.16. The van der Waals surface area contributed by atoms with Gasteiger partial charge in [0.1, 0.15) is 0 Å². The maximum Gasteiger partial charge on any atom is 0.287 e. The van der Waals surface area contributed by atoms with Crippen LogP contribution in [0.3, 0.4) is 0 Å². The Morgan fingerprint density at radius 3 is 2.67 bits per heavy atom. The van der Waals surface area contributed by atoms with Crippen molar-refractivity contribution in [1.29, 1.82) is 0 Å². The van der Waals surface area contributed by atoms with Gasteiger partial charge in [-0.1, -0.05) is 23.4 Å². The molecule has 0 saturated heterocycles. The molecule has 0 unspecified atom stereocenters. The second kappa shape index (κ2) is 6.01. The molecule has 0 aliphatic heterocycles. The van der Waals surface area contributed by atoms with Crippen molar-refractivity contribution in [3.05, 3.63) is 41.9 Å². The first-order valence-electron chi connectivity index (χ1n) is 6.85. The minimum absolute atomic E-state index is 0.0547. The molecule has 118 valence electrons. The Labute approximate surface area is 139 Å². The molecule has 0 spiro atoms. The van der Waals surface area contributed by atoms with Gasteiger partial charge in [0.2, 0.25) is 23.5 Å². The molecule has 9 nitrogen and oxygen atoms in total. The van der Waals surface area contributed by atoms with Crippen molar-refractivity contribution in [2.24, 2.45) is 0 Å². The highest BCUT2D eigenvalue weighted by Crippen LogP contribution is 2.23. The molecular weight excluding hydrogens is 328 g/mol. The van der Waals surface area contributed by atoms with Crippen molar-refractivity contribution in [2.45, 2.75) is 0 Å². The van der Waals surface area contributed by atoms with Crippen molar-refractivity contribution >= 4 is 28.9 Å². The number of nitrogens with two attached hydrogens (primary N) is 1. The number of aromatic nitrogens is 6. The quantitative estimate of drug-likeness (QED) is 0.576. The van der Waals surface area contributed by atoms with Crippen molar-refractivity contribution in [2.75, 3.05) is 11.1 Å². The monoisotopic (exact) mass is 338 g/mol. The van der Waals surface area contributed by atoms with Gasteiger partial charge in [0.15, 0.2) is 5.01 Å². The molecule has 10 heteroatoms. The summed E-state index contributed by atoms with van der Waals surface area (Å²) in [6.07, 6.45) is 1.66. The highest BCUT2D eigenvalue weighted by molar-refractivity contribution is 7.12. The predicted octanol–water partition coefficient (Wildman–Crippen LogP) is 2.37. The summed E-state index contributed by atoms with van der Waals surface area (Å²) in [5, 5.41) is 9.37. The molecule has 3 heterocycles. The van der Waals surface area contributed by atoms with Crippen LogP contribution in [-0.4, -0.2) is 30.1 Å². The van der Waals surface area contributed by atoms with Crippen LogP contribution >= 0.6 is 11.3 Å². The number of nitrogens with one attached hydrogen (secondary N) is 1. The van der Waals surface area contributed by atoms with Gasteiger partial charge in [-0.15, -0.1) is 11.3 Å². The molecular formula is C14H10N8OS. The van der Waals surface area contributed by atoms with E-state index in [2.05, 4.69) is 35.4 Å². The van der Waals surface area contributed by atoms with E-state index in [1.807, 2.05) is 35.7 Å². The van der Waals surface area contributed by atoms with E-state index in [1.165, 1.54) is 11.3 Å². The number of nitrogens with zero attached hydrogens (tertiary/aromatic N) is 6. The normalized spacial score (nSPS) is 10.7. The molecule has 3 aromatic heterocycles. The fraction of sp³-hybridized carbons (Fsp3) is 0. The largest absolute Gasteiger partial charge is 0.368 e. The van der Waals surface area contributed by atoms with Crippen molar-refractivity contribution in [1.82, 2.24) is 30.1 Å². The molecule has 1 aromatic carbocycles. The molecule has 0 aliphatic carbocycles. The first-order valence-corrected chi connectivity index (χ1v) is 7.73. The van der Waals surface area contributed by atoms with Crippen LogP contribution in [0.4, 0.5) is 17.6 Å². The summed E-state index contributed by atoms with van der Waals surface area (Å²) in [7, 11) is 0. The third kappa shape index (κ3) is 2.90. The molecule has 0 bridgehead atoms. The fourth-order valence-electron chi connectivity index (χ4n) is 1.93. The van der Waals surface area contributed by atoms with Crippen LogP contribution in [0.1, 0.15) is 0 Å². The van der Waals surface area contributed by atoms with Crippen LogP contribution in [0.15, 0.2) is 46.4 Å². The lowest BCUT2D eigenvalue weighted by molar-refractivity contribution is 0.431. The molecule has 0 fully saturated rings. The van der Waals surface area contributed by atoms with Crippen LogP contribution in [0.2, 0.25) is 0 Å². The number of nitrogen functional groups attached to an aromatic ring is 1. The van der Waals surface area contributed by atoms with Crippen LogP contribution < -0.4 is 11.1 Å². The van der Waals surface area contributed by atoms with Gasteiger partial charge in [-0.3, -0.25) is 0 Å². The average molecular weight is 338 g/mol. The van der Waals surface area contributed by atoms with E-state index >= 15 is 0 Å². The zero-order valence-corrected chi connectivity index (χ0v) is 12.9. The first-order chi connectivity index (χ1) is 11.8. The number of hydrogen-bond donors (Lipinski definition) is 2. The standard InChI is InChI=1S/C14H10N8OS/c15-13-19-9(10-18-11(23-22-10)12-16-6-7-24-12)20-14(21-13)17-8-4-2-1-3-5-8/h1-7H,(H3,15,17,19,20,21). The summed E-state index contributed by atoms with van der Waals surface area (Å²) in [6, 6.07) is 9.47. The van der Waals surface area contributed by atoms with Gasteiger partial charge in [0, 0.05) is 17.3 Å². The van der Waals surface area contributed by atoms with E-state index in [0.717, 1.165) is 5.69 Å². The summed E-state index contributed by atoms with van der Waals surface area (Å²) in [5.41, 5.74) is 6.58. The van der Waals surface area contributed by atoms with Gasteiger partial charge in [0.05, 0.1) is 0 Å². The molecule has 0 amide bonds. The van der Waals surface area contributed by atoms with Gasteiger partial charge in [-0.05, 0) is 12.1 Å². The Morgan fingerprint density at radius 1 is 1.00 bits per heavy atom. The zero-order valence-electron chi connectivity index (χ0n) is 12.1. The van der Waals surface area contributed by atoms with E-state index < -0.39 is 0 Å². The van der Waals surface area contributed by atoms with Gasteiger partial charge < -0.3 is 15.6 Å². The Bertz CT molecular complexity index is 954. The maximum absolute atomic E-state index is 5.75. The molecule has 0 aliphatic rings. The zero-order chi connectivity index (χ0) is 16.4. The lowest BCUT2D eigenvalue weighted by atomic mass is 10.3. The minimum atomic E-state index is 0.0547. The first kappa shape index (κ1) is 14.2. The topological polar surface area (TPSA) is 129 Å². The third-order valence-corrected chi connectivity index (χ3v) is 3.69. The summed E-state index contributed by atoms with van der Waals surface area (Å²) >= 11 is 1.40. The molecule has 0 saturated carbocycles. The minimum Gasteiger partial charge on any atom is -0.368 e. The number of thiazole rings is 1. The molecule has 4 rings (SSSR count). The van der Waals surface area contributed by atoms with Gasteiger partial charge in [-0.2, -0.15) is 19.9 Å². The van der Waals surface area contributed by atoms with Crippen LogP contribution in [-0.2, 0) is 0 Å². The second-order valence-corrected chi connectivity index (χ2v) is 5.49. The fourth-order valence-corrected chi connectivity index (χ4v) is 2.49. The Hall–Kier alpha value is -3.40. The third-order valence-electron chi connectivity index (χ3n) is 2.92. The SMILES string of the molecule is Nc1nc(Nc2ccccc2)nc(-c2noc(-c3nccs3)n2)n1. The predicted molar refractivity (Wildman–Crippen MR) is 88.4 cm³/mol. The van der Waals surface area contributed by atoms with E-state index in [4.69, 9.17) is 10.3 Å². The summed E-state index contributed by atoms with van der Waals surface area (Å²) in [5.74, 6) is 1.08. The summed E-state index contributed by atoms with van der Waals surface area (Å²) in [4.78, 5) is 20.8. The van der Waals surface area contributed by atoms with E-state index in [0.29, 0.717) is 16.8 Å². The number of anilines is 3. The summed E-state index contributed by atoms with van der Waals surface area (Å²) in [6.45, 7) is 0. The molecule has 24 heavy (non-hydrogen) atoms. The molecule has 4 aromatic rings. The highest BCUT2D eigenvalue weighted by atomic mass is 32.1. The maximum atomic E-state index is 5.75. The number of benzene rings is 1. The molecule has 0 atom stereocenters. The van der Waals surface area contributed by atoms with E-state index in [1.54, 1.807) is 6.20 Å². The Balaban J connectivity index is 1.66. The summed E-state index contributed by atoms with van der Waals surface area (Å²) < 4.78 is 5.19. The van der Waals surface area contributed by atoms with Gasteiger partial charge >= 0.3 is 0 Å². The number of hydrogen-bond acceptors (Lipinski definition) is 10. The number of rotatable bonds is 4. The van der Waals surface area contributed by atoms with Gasteiger partial charge in [-0.25, -0.2) is 4.98 Å². The number of para-hydroxylation sites is 1. The Kier molecular flexibility index (Phi) is 3.56. The lowest BCUT2D eigenvalue weighted by Gasteiger charge is -2.05. The average Bonchev–Trinajstić information content (AvgIpc) is 3.27. The van der Waals surface area contributed by atoms with Crippen molar-refractivity contribution < 1.29 is 4.52 Å². The second-order valence-electron chi connectivity index (χ2n) is 4.59. The van der Waals surface area contributed by atoms with Crippen LogP contribution in [0, 0.1) is 0 Å². The van der Waals surface area contributed by atoms with Crippen LogP contribution in [0.5, 0.6) is 0 Å². The Morgan fingerprint density at radius 2 is 1.88 bits per heavy atom. The van der Waals surface area contributed by atoms with E-state index in [-0.39, 0.29) is 17.6 Å². The van der Waals surface area contributed by atoms with Crippen molar-refractivity contribution in [3.8, 4) is 22.5 Å². The smallest absolute Gasteiger partial charge is 0.287 e. The lowest BCUT2D eigenvalue weighted by Crippen LogP contribution is -2.05. The van der Waals surface area contributed by atoms with Gasteiger partial charge in [0.25, 0.3) is 5.89 Å². The molecule has 3 N–H and O–H groups in total.